The molecule has 1 heteroatoms. The molecule has 0 fully saturated rings. The summed E-state index contributed by atoms with van der Waals surface area (Å²) in [5.74, 6) is 1.02. The second-order valence-electron chi connectivity index (χ2n) is 3.06. The van der Waals surface area contributed by atoms with Crippen LogP contribution in [0.5, 0.6) is 0 Å². The Labute approximate surface area is 78.7 Å². The first-order valence-corrected chi connectivity index (χ1v) is 5.01. The summed E-state index contributed by atoms with van der Waals surface area (Å²) in [5, 5.41) is 0. The lowest BCUT2D eigenvalue weighted by atomic mass is 10.2. The Balaban J connectivity index is 2.53. The molecule has 1 aromatic carbocycles. The largest absolute Gasteiger partial charge is 0.122 e. The highest BCUT2D eigenvalue weighted by Crippen LogP contribution is 2.19. The summed E-state index contributed by atoms with van der Waals surface area (Å²) >= 11 is 1.84. The van der Waals surface area contributed by atoms with E-state index in [4.69, 9.17) is 0 Å². The van der Waals surface area contributed by atoms with E-state index in [9.17, 15) is 0 Å². The van der Waals surface area contributed by atoms with Gasteiger partial charge < -0.3 is 0 Å². The first kappa shape index (κ1) is 9.40. The predicted molar refractivity (Wildman–Crippen MR) is 56.7 cm³/mol. The second-order valence-corrected chi connectivity index (χ2v) is 4.11. The van der Waals surface area contributed by atoms with E-state index in [0.717, 1.165) is 5.75 Å². The third kappa shape index (κ3) is 3.14. The van der Waals surface area contributed by atoms with Gasteiger partial charge in [-0.25, -0.2) is 0 Å². The molecule has 0 nitrogen and oxygen atoms in total. The Bertz CT molecular complexity index is 259. The molecule has 1 rings (SSSR count). The molecule has 1 aromatic rings. The van der Waals surface area contributed by atoms with Crippen molar-refractivity contribution in [3.63, 3.8) is 0 Å². The molecule has 0 saturated carbocycles. The van der Waals surface area contributed by atoms with E-state index in [0.29, 0.717) is 0 Å². The minimum Gasteiger partial charge on any atom is -0.122 e. The van der Waals surface area contributed by atoms with Gasteiger partial charge in [0.05, 0.1) is 0 Å². The Morgan fingerprint density at radius 3 is 2.42 bits per heavy atom. The van der Waals surface area contributed by atoms with Crippen LogP contribution < -0.4 is 0 Å². The third-order valence-corrected chi connectivity index (χ3v) is 2.75. The zero-order valence-corrected chi connectivity index (χ0v) is 8.45. The molecule has 0 atom stereocenters. The van der Waals surface area contributed by atoms with Crippen molar-refractivity contribution in [1.29, 1.82) is 0 Å². The molecule has 0 amide bonds. The smallest absolute Gasteiger partial charge is 0.0185 e. The average Bonchev–Trinajstić information content (AvgIpc) is 2.03. The van der Waals surface area contributed by atoms with Crippen molar-refractivity contribution >= 4 is 11.8 Å². The van der Waals surface area contributed by atoms with E-state index in [1.807, 2.05) is 11.8 Å². The third-order valence-electron chi connectivity index (χ3n) is 1.51. The topological polar surface area (TPSA) is 0 Å². The lowest BCUT2D eigenvalue weighted by Gasteiger charge is -2.00. The molecule has 0 aliphatic rings. The molecule has 0 aromatic heterocycles. The summed E-state index contributed by atoms with van der Waals surface area (Å²) in [5.41, 5.74) is 2.54. The number of benzene rings is 1. The standard InChI is InChI=1S/C11H14S/c1-9(2)8-12-11-6-4-10(3)5-7-11/h4-7H,1,8H2,2-3H3. The van der Waals surface area contributed by atoms with E-state index >= 15 is 0 Å². The molecular weight excluding hydrogens is 164 g/mol. The molecule has 0 radical (unpaired) electrons. The van der Waals surface area contributed by atoms with E-state index in [1.165, 1.54) is 16.0 Å². The van der Waals surface area contributed by atoms with Crippen LogP contribution in [0.25, 0.3) is 0 Å². The van der Waals surface area contributed by atoms with E-state index in [-0.39, 0.29) is 0 Å². The monoisotopic (exact) mass is 178 g/mol. The summed E-state index contributed by atoms with van der Waals surface area (Å²) in [6.45, 7) is 8.03. The van der Waals surface area contributed by atoms with Crippen molar-refractivity contribution in [2.24, 2.45) is 0 Å². The van der Waals surface area contributed by atoms with Crippen LogP contribution in [0.4, 0.5) is 0 Å². The van der Waals surface area contributed by atoms with Crippen LogP contribution in [0.3, 0.4) is 0 Å². The summed E-state index contributed by atoms with van der Waals surface area (Å²) in [6, 6.07) is 8.59. The highest BCUT2D eigenvalue weighted by molar-refractivity contribution is 7.99. The van der Waals surface area contributed by atoms with Gasteiger partial charge in [0.2, 0.25) is 0 Å². The maximum Gasteiger partial charge on any atom is 0.0185 e. The van der Waals surface area contributed by atoms with Gasteiger partial charge in [-0.05, 0) is 26.0 Å². The fourth-order valence-electron chi connectivity index (χ4n) is 0.841. The Morgan fingerprint density at radius 1 is 1.33 bits per heavy atom. The quantitative estimate of drug-likeness (QED) is 0.503. The molecule has 12 heavy (non-hydrogen) atoms. The van der Waals surface area contributed by atoms with E-state index < -0.39 is 0 Å². The van der Waals surface area contributed by atoms with Crippen molar-refractivity contribution in [2.45, 2.75) is 18.7 Å². The molecule has 64 valence electrons. The molecule has 0 spiro atoms. The van der Waals surface area contributed by atoms with Gasteiger partial charge in [0.15, 0.2) is 0 Å². The first-order chi connectivity index (χ1) is 5.68. The Morgan fingerprint density at radius 2 is 1.92 bits per heavy atom. The zero-order valence-electron chi connectivity index (χ0n) is 7.63. The lowest BCUT2D eigenvalue weighted by Crippen LogP contribution is -1.79. The van der Waals surface area contributed by atoms with Crippen LogP contribution in [0.15, 0.2) is 41.3 Å². The normalized spacial score (nSPS) is 9.83. The SMILES string of the molecule is C=C(C)CSc1ccc(C)cc1. The van der Waals surface area contributed by atoms with Gasteiger partial charge >= 0.3 is 0 Å². The predicted octanol–water partition coefficient (Wildman–Crippen LogP) is 3.66. The van der Waals surface area contributed by atoms with Gasteiger partial charge in [-0.1, -0.05) is 29.8 Å². The molecule has 0 saturated heterocycles. The van der Waals surface area contributed by atoms with Crippen molar-refractivity contribution in [1.82, 2.24) is 0 Å². The van der Waals surface area contributed by atoms with Gasteiger partial charge in [-0.3, -0.25) is 0 Å². The molecule has 0 bridgehead atoms. The molecule has 0 N–H and O–H groups in total. The second kappa shape index (κ2) is 4.36. The van der Waals surface area contributed by atoms with Crippen LogP contribution in [0.2, 0.25) is 0 Å². The molecular formula is C11H14S. The highest BCUT2D eigenvalue weighted by atomic mass is 32.2. The minimum atomic E-state index is 1.02. The van der Waals surface area contributed by atoms with E-state index in [1.54, 1.807) is 0 Å². The van der Waals surface area contributed by atoms with Gasteiger partial charge in [0.1, 0.15) is 0 Å². The highest BCUT2D eigenvalue weighted by Gasteiger charge is 1.92. The average molecular weight is 178 g/mol. The zero-order chi connectivity index (χ0) is 8.97. The van der Waals surface area contributed by atoms with Gasteiger partial charge in [-0.2, -0.15) is 0 Å². The fourth-order valence-corrected chi connectivity index (χ4v) is 1.58. The molecule has 0 aliphatic carbocycles. The van der Waals surface area contributed by atoms with Gasteiger partial charge in [-0.15, -0.1) is 11.8 Å². The Hall–Kier alpha value is -0.690. The van der Waals surface area contributed by atoms with Crippen LogP contribution >= 0.6 is 11.8 Å². The van der Waals surface area contributed by atoms with Crippen LogP contribution in [-0.2, 0) is 0 Å². The fraction of sp³-hybridized carbons (Fsp3) is 0.273. The summed E-state index contributed by atoms with van der Waals surface area (Å²) < 4.78 is 0. The van der Waals surface area contributed by atoms with Gasteiger partial charge in [0.25, 0.3) is 0 Å². The molecule has 0 unspecified atom stereocenters. The summed E-state index contributed by atoms with van der Waals surface area (Å²) in [7, 11) is 0. The van der Waals surface area contributed by atoms with E-state index in [2.05, 4.69) is 44.7 Å². The summed E-state index contributed by atoms with van der Waals surface area (Å²) in [6.07, 6.45) is 0. The number of rotatable bonds is 3. The van der Waals surface area contributed by atoms with Crippen LogP contribution in [0.1, 0.15) is 12.5 Å². The van der Waals surface area contributed by atoms with Crippen molar-refractivity contribution in [2.75, 3.05) is 5.75 Å². The van der Waals surface area contributed by atoms with Crippen molar-refractivity contribution < 1.29 is 0 Å². The maximum atomic E-state index is 3.87. The molecule has 0 aliphatic heterocycles. The minimum absolute atomic E-state index is 1.02. The number of hydrogen-bond acceptors (Lipinski definition) is 1. The van der Waals surface area contributed by atoms with Crippen molar-refractivity contribution in [3.05, 3.63) is 42.0 Å². The van der Waals surface area contributed by atoms with Crippen LogP contribution in [0, 0.1) is 6.92 Å². The van der Waals surface area contributed by atoms with Crippen LogP contribution in [-0.4, -0.2) is 5.75 Å². The molecule has 0 heterocycles. The summed E-state index contributed by atoms with van der Waals surface area (Å²) in [4.78, 5) is 1.32. The van der Waals surface area contributed by atoms with Gasteiger partial charge in [0, 0.05) is 10.6 Å². The lowest BCUT2D eigenvalue weighted by molar-refractivity contribution is 1.36. The number of thioether (sulfide) groups is 1. The first-order valence-electron chi connectivity index (χ1n) is 4.02. The van der Waals surface area contributed by atoms with Crippen molar-refractivity contribution in [3.8, 4) is 0 Å². The number of aryl methyl sites for hydroxylation is 1. The maximum absolute atomic E-state index is 3.87. The number of hydrogen-bond donors (Lipinski definition) is 0. The Kier molecular flexibility index (Phi) is 3.42.